The van der Waals surface area contributed by atoms with Crippen molar-refractivity contribution >= 4 is 27.8 Å². The summed E-state index contributed by atoms with van der Waals surface area (Å²) >= 11 is 3.32. The first kappa shape index (κ1) is 14.1. The van der Waals surface area contributed by atoms with Gasteiger partial charge in [-0.25, -0.2) is 4.79 Å². The van der Waals surface area contributed by atoms with Gasteiger partial charge in [0.25, 0.3) is 5.91 Å². The number of aliphatic hydroxyl groups excluding tert-OH is 1. The quantitative estimate of drug-likeness (QED) is 0.729. The van der Waals surface area contributed by atoms with Gasteiger partial charge in [0.05, 0.1) is 0 Å². The molecular formula is C12H15BrN2O4. The van der Waals surface area contributed by atoms with Crippen molar-refractivity contribution in [2.24, 2.45) is 0 Å². The lowest BCUT2D eigenvalue weighted by Crippen LogP contribution is -2.42. The van der Waals surface area contributed by atoms with Crippen LogP contribution in [0.15, 0.2) is 16.7 Å². The lowest BCUT2D eigenvalue weighted by atomic mass is 10.2. The van der Waals surface area contributed by atoms with Crippen molar-refractivity contribution in [3.63, 3.8) is 0 Å². The smallest absolute Gasteiger partial charge is 0.326 e. The molecule has 3 N–H and O–H groups in total. The number of hydrogen-bond donors (Lipinski definition) is 3. The summed E-state index contributed by atoms with van der Waals surface area (Å²) in [5, 5.41) is 20.2. The molecule has 1 heterocycles. The van der Waals surface area contributed by atoms with Gasteiger partial charge >= 0.3 is 5.97 Å². The van der Waals surface area contributed by atoms with E-state index in [9.17, 15) is 9.59 Å². The number of hydrogen-bond acceptors (Lipinski definition) is 3. The van der Waals surface area contributed by atoms with Crippen LogP contribution in [0.25, 0.3) is 0 Å². The minimum atomic E-state index is -1.15. The third kappa shape index (κ3) is 3.36. The Morgan fingerprint density at radius 1 is 1.53 bits per heavy atom. The molecule has 0 spiro atoms. The van der Waals surface area contributed by atoms with E-state index < -0.39 is 17.9 Å². The molecule has 0 aromatic carbocycles. The van der Waals surface area contributed by atoms with Gasteiger partial charge in [0.1, 0.15) is 11.7 Å². The van der Waals surface area contributed by atoms with Crippen LogP contribution >= 0.6 is 15.9 Å². The van der Waals surface area contributed by atoms with Gasteiger partial charge in [-0.2, -0.15) is 0 Å². The summed E-state index contributed by atoms with van der Waals surface area (Å²) < 4.78 is 2.65. The predicted octanol–water partition coefficient (Wildman–Crippen LogP) is 1.15. The number of carboxylic acids is 1. The SMILES string of the molecule is O=C(N[C@@H](CCO)C(=O)O)c1cc(Br)cn1C1CC1. The van der Waals surface area contributed by atoms with E-state index in [1.54, 1.807) is 6.07 Å². The van der Waals surface area contributed by atoms with Crippen molar-refractivity contribution in [2.45, 2.75) is 31.3 Å². The fourth-order valence-corrected chi connectivity index (χ4v) is 2.34. The minimum Gasteiger partial charge on any atom is -0.480 e. The van der Waals surface area contributed by atoms with E-state index in [0.717, 1.165) is 17.3 Å². The summed E-state index contributed by atoms with van der Waals surface area (Å²) in [5.74, 6) is -1.58. The van der Waals surface area contributed by atoms with Crippen LogP contribution in [0.5, 0.6) is 0 Å². The molecule has 1 atom stereocenters. The second-order valence-corrected chi connectivity index (χ2v) is 5.47. The largest absolute Gasteiger partial charge is 0.480 e. The van der Waals surface area contributed by atoms with Crippen molar-refractivity contribution in [1.29, 1.82) is 0 Å². The van der Waals surface area contributed by atoms with E-state index >= 15 is 0 Å². The molecule has 0 saturated heterocycles. The highest BCUT2D eigenvalue weighted by atomic mass is 79.9. The third-order valence-electron chi connectivity index (χ3n) is 3.01. The number of nitrogens with one attached hydrogen (secondary N) is 1. The third-order valence-corrected chi connectivity index (χ3v) is 3.44. The first-order valence-corrected chi connectivity index (χ1v) is 6.84. The van der Waals surface area contributed by atoms with Gasteiger partial charge in [-0.15, -0.1) is 0 Å². The Hall–Kier alpha value is -1.34. The Bertz CT molecular complexity index is 496. The highest BCUT2D eigenvalue weighted by Crippen LogP contribution is 2.37. The Balaban J connectivity index is 2.12. The zero-order valence-corrected chi connectivity index (χ0v) is 11.8. The molecule has 1 saturated carbocycles. The molecule has 0 radical (unpaired) electrons. The number of amides is 1. The van der Waals surface area contributed by atoms with Crippen molar-refractivity contribution in [1.82, 2.24) is 9.88 Å². The van der Waals surface area contributed by atoms with Gasteiger partial charge < -0.3 is 20.1 Å². The zero-order chi connectivity index (χ0) is 14.0. The highest BCUT2D eigenvalue weighted by molar-refractivity contribution is 9.10. The monoisotopic (exact) mass is 330 g/mol. The van der Waals surface area contributed by atoms with Crippen LogP contribution in [-0.2, 0) is 4.79 Å². The van der Waals surface area contributed by atoms with Crippen LogP contribution in [-0.4, -0.2) is 39.3 Å². The van der Waals surface area contributed by atoms with Crippen molar-refractivity contribution in [2.75, 3.05) is 6.61 Å². The van der Waals surface area contributed by atoms with Gasteiger partial charge in [0.2, 0.25) is 0 Å². The van der Waals surface area contributed by atoms with E-state index in [2.05, 4.69) is 21.2 Å². The van der Waals surface area contributed by atoms with E-state index in [-0.39, 0.29) is 13.0 Å². The molecule has 7 heteroatoms. The molecule has 1 aromatic heterocycles. The molecule has 1 amide bonds. The summed E-state index contributed by atoms with van der Waals surface area (Å²) in [5.41, 5.74) is 0.443. The van der Waals surface area contributed by atoms with Crippen molar-refractivity contribution in [3.8, 4) is 0 Å². The van der Waals surface area contributed by atoms with Crippen LogP contribution in [0.4, 0.5) is 0 Å². The number of rotatable bonds is 6. The van der Waals surface area contributed by atoms with Crippen molar-refractivity contribution in [3.05, 3.63) is 22.4 Å². The molecule has 1 aromatic rings. The topological polar surface area (TPSA) is 91.6 Å². The van der Waals surface area contributed by atoms with Crippen LogP contribution in [0.1, 0.15) is 35.8 Å². The standard InChI is InChI=1S/C12H15BrN2O4/c13-7-5-10(15(6-7)8-1-2-8)11(17)14-9(3-4-16)12(18)19/h5-6,8-9,16H,1-4H2,(H,14,17)(H,18,19)/t9-/m0/s1. The number of carbonyl (C=O) groups is 2. The van der Waals surface area contributed by atoms with E-state index in [0.29, 0.717) is 11.7 Å². The lowest BCUT2D eigenvalue weighted by Gasteiger charge is -2.14. The van der Waals surface area contributed by atoms with Gasteiger partial charge in [0, 0.05) is 29.7 Å². The Kier molecular flexibility index (Phi) is 4.26. The molecule has 0 aliphatic heterocycles. The zero-order valence-electron chi connectivity index (χ0n) is 10.2. The van der Waals surface area contributed by atoms with Gasteiger partial charge in [-0.05, 0) is 34.8 Å². The van der Waals surface area contributed by atoms with Crippen molar-refractivity contribution < 1.29 is 19.8 Å². The summed E-state index contributed by atoms with van der Waals surface area (Å²) in [6.45, 7) is -0.287. The second kappa shape index (κ2) is 5.75. The molecule has 104 valence electrons. The number of aromatic nitrogens is 1. The Morgan fingerprint density at radius 3 is 2.74 bits per heavy atom. The summed E-state index contributed by atoms with van der Waals surface area (Å²) in [6.07, 6.45) is 3.88. The van der Waals surface area contributed by atoms with E-state index in [1.165, 1.54) is 0 Å². The number of halogens is 1. The normalized spacial score (nSPS) is 16.1. The molecule has 1 aliphatic rings. The number of carboxylic acid groups (broad SMARTS) is 1. The first-order chi connectivity index (χ1) is 9.02. The average molecular weight is 331 g/mol. The maximum Gasteiger partial charge on any atom is 0.326 e. The maximum absolute atomic E-state index is 12.1. The molecule has 1 aliphatic carbocycles. The Morgan fingerprint density at radius 2 is 2.21 bits per heavy atom. The fourth-order valence-electron chi connectivity index (χ4n) is 1.90. The van der Waals surface area contributed by atoms with Crippen LogP contribution in [0, 0.1) is 0 Å². The molecule has 1 fully saturated rings. The molecular weight excluding hydrogens is 316 g/mol. The van der Waals surface area contributed by atoms with Gasteiger partial charge in [-0.1, -0.05) is 0 Å². The van der Waals surface area contributed by atoms with Gasteiger partial charge in [0.15, 0.2) is 0 Å². The number of aliphatic hydroxyl groups is 1. The maximum atomic E-state index is 12.1. The summed E-state index contributed by atoms with van der Waals surface area (Å²) in [4.78, 5) is 23.1. The van der Waals surface area contributed by atoms with Crippen LogP contribution in [0.2, 0.25) is 0 Å². The molecule has 2 rings (SSSR count). The highest BCUT2D eigenvalue weighted by Gasteiger charge is 2.29. The number of nitrogens with zero attached hydrogens (tertiary/aromatic N) is 1. The van der Waals surface area contributed by atoms with E-state index in [1.807, 2.05) is 10.8 Å². The lowest BCUT2D eigenvalue weighted by molar-refractivity contribution is -0.139. The molecule has 0 bridgehead atoms. The second-order valence-electron chi connectivity index (χ2n) is 4.56. The number of aliphatic carboxylic acids is 1. The Labute approximate surface area is 118 Å². The summed E-state index contributed by atoms with van der Waals surface area (Å²) in [7, 11) is 0. The average Bonchev–Trinajstić information content (AvgIpc) is 3.11. The predicted molar refractivity (Wildman–Crippen MR) is 71.0 cm³/mol. The molecule has 0 unspecified atom stereocenters. The van der Waals surface area contributed by atoms with Crippen LogP contribution in [0.3, 0.4) is 0 Å². The van der Waals surface area contributed by atoms with E-state index in [4.69, 9.17) is 10.2 Å². The van der Waals surface area contributed by atoms with Gasteiger partial charge in [-0.3, -0.25) is 4.79 Å². The summed E-state index contributed by atoms with van der Waals surface area (Å²) in [6, 6.07) is 0.929. The fraction of sp³-hybridized carbons (Fsp3) is 0.500. The van der Waals surface area contributed by atoms with Crippen LogP contribution < -0.4 is 5.32 Å². The molecule has 6 nitrogen and oxygen atoms in total. The molecule has 19 heavy (non-hydrogen) atoms. The first-order valence-electron chi connectivity index (χ1n) is 6.05. The number of carbonyl (C=O) groups excluding carboxylic acids is 1. The minimum absolute atomic E-state index is 0.00756.